The van der Waals surface area contributed by atoms with E-state index in [1.807, 2.05) is 36.6 Å². The molecule has 1 aliphatic rings. The third-order valence-electron chi connectivity index (χ3n) is 3.30. The number of benzene rings is 1. The maximum absolute atomic E-state index is 12.1. The second kappa shape index (κ2) is 5.73. The quantitative estimate of drug-likeness (QED) is 0.943. The predicted molar refractivity (Wildman–Crippen MR) is 79.9 cm³/mol. The number of hydrogen-bond donors (Lipinski definition) is 1. The molecule has 4 nitrogen and oxygen atoms in total. The molecule has 2 aromatic rings. The van der Waals surface area contributed by atoms with Gasteiger partial charge in [-0.05, 0) is 25.8 Å². The van der Waals surface area contributed by atoms with Crippen molar-refractivity contribution in [2.24, 2.45) is 0 Å². The van der Waals surface area contributed by atoms with Crippen LogP contribution in [0.5, 0.6) is 0 Å². The normalized spacial score (nSPS) is 18.1. The molecule has 0 radical (unpaired) electrons. The Morgan fingerprint density at radius 1 is 1.45 bits per heavy atom. The van der Waals surface area contributed by atoms with Gasteiger partial charge in [-0.2, -0.15) is 0 Å². The molecular weight excluding hydrogens is 272 g/mol. The molecule has 3 rings (SSSR count). The van der Waals surface area contributed by atoms with Gasteiger partial charge in [0.15, 0.2) is 0 Å². The van der Waals surface area contributed by atoms with Gasteiger partial charge in [0.2, 0.25) is 0 Å². The lowest BCUT2D eigenvalue weighted by Gasteiger charge is -2.13. The van der Waals surface area contributed by atoms with Crippen molar-refractivity contribution >= 4 is 22.9 Å². The highest BCUT2D eigenvalue weighted by Gasteiger charge is 2.24. The maximum atomic E-state index is 12.1. The highest BCUT2D eigenvalue weighted by atomic mass is 32.1. The smallest absolute Gasteiger partial charge is 0.253 e. The lowest BCUT2D eigenvalue weighted by atomic mass is 10.1. The molecule has 104 valence electrons. The Morgan fingerprint density at radius 2 is 2.30 bits per heavy atom. The zero-order valence-corrected chi connectivity index (χ0v) is 12.1. The van der Waals surface area contributed by atoms with E-state index in [-0.39, 0.29) is 12.0 Å². The number of rotatable bonds is 3. The molecule has 1 amide bonds. The van der Waals surface area contributed by atoms with E-state index in [4.69, 9.17) is 4.74 Å². The molecule has 1 saturated heterocycles. The van der Waals surface area contributed by atoms with E-state index in [0.717, 1.165) is 34.8 Å². The number of para-hydroxylation sites is 1. The summed E-state index contributed by atoms with van der Waals surface area (Å²) < 4.78 is 5.41. The van der Waals surface area contributed by atoms with Gasteiger partial charge in [0.1, 0.15) is 6.10 Å². The van der Waals surface area contributed by atoms with Crippen molar-refractivity contribution in [3.05, 3.63) is 34.7 Å². The van der Waals surface area contributed by atoms with Crippen LogP contribution in [0.4, 0.5) is 5.69 Å². The first kappa shape index (κ1) is 13.3. The zero-order chi connectivity index (χ0) is 13.9. The number of carbonyl (C=O) groups excluding carboxylic acids is 1. The van der Waals surface area contributed by atoms with E-state index in [2.05, 4.69) is 10.3 Å². The minimum absolute atomic E-state index is 0.0677. The molecule has 1 N–H and O–H groups in total. The van der Waals surface area contributed by atoms with Crippen molar-refractivity contribution in [1.29, 1.82) is 0 Å². The average molecular weight is 288 g/mol. The summed E-state index contributed by atoms with van der Waals surface area (Å²) in [5, 5.41) is 5.98. The van der Waals surface area contributed by atoms with Crippen molar-refractivity contribution in [3.63, 3.8) is 0 Å². The van der Waals surface area contributed by atoms with Crippen LogP contribution in [0.25, 0.3) is 11.3 Å². The first-order valence-electron chi connectivity index (χ1n) is 6.68. The largest absolute Gasteiger partial charge is 0.368 e. The lowest BCUT2D eigenvalue weighted by Crippen LogP contribution is -2.27. The number of thiazole rings is 1. The Hall–Kier alpha value is -1.72. The van der Waals surface area contributed by atoms with Gasteiger partial charge in [0, 0.05) is 17.6 Å². The number of nitrogens with zero attached hydrogens (tertiary/aromatic N) is 1. The van der Waals surface area contributed by atoms with Gasteiger partial charge in [0.25, 0.3) is 5.91 Å². The summed E-state index contributed by atoms with van der Waals surface area (Å²) in [5.41, 5.74) is 2.64. The molecule has 20 heavy (non-hydrogen) atoms. The summed E-state index contributed by atoms with van der Waals surface area (Å²) in [6, 6.07) is 7.73. The van der Waals surface area contributed by atoms with Gasteiger partial charge < -0.3 is 10.1 Å². The van der Waals surface area contributed by atoms with Crippen molar-refractivity contribution in [2.45, 2.75) is 25.9 Å². The highest BCUT2D eigenvalue weighted by Crippen LogP contribution is 2.29. The van der Waals surface area contributed by atoms with Crippen LogP contribution in [0, 0.1) is 6.92 Å². The van der Waals surface area contributed by atoms with Crippen LogP contribution in [0.3, 0.4) is 0 Å². The Morgan fingerprint density at radius 3 is 3.00 bits per heavy atom. The molecule has 0 bridgehead atoms. The van der Waals surface area contributed by atoms with Crippen molar-refractivity contribution in [1.82, 2.24) is 4.98 Å². The summed E-state index contributed by atoms with van der Waals surface area (Å²) in [6.07, 6.45) is 1.43. The van der Waals surface area contributed by atoms with E-state index in [9.17, 15) is 4.79 Å². The SMILES string of the molecule is Cc1nc(-c2ccccc2NC(=O)C2CCCO2)cs1. The van der Waals surface area contributed by atoms with Crippen LogP contribution in [-0.4, -0.2) is 23.6 Å². The Balaban J connectivity index is 1.84. The molecule has 1 aromatic heterocycles. The molecule has 0 spiro atoms. The zero-order valence-electron chi connectivity index (χ0n) is 11.3. The van der Waals surface area contributed by atoms with Crippen molar-refractivity contribution < 1.29 is 9.53 Å². The minimum Gasteiger partial charge on any atom is -0.368 e. The fourth-order valence-corrected chi connectivity index (χ4v) is 2.91. The molecule has 1 fully saturated rings. The second-order valence-corrected chi connectivity index (χ2v) is 5.85. The van der Waals surface area contributed by atoms with E-state index in [0.29, 0.717) is 6.61 Å². The fourth-order valence-electron chi connectivity index (χ4n) is 2.30. The van der Waals surface area contributed by atoms with Gasteiger partial charge in [-0.15, -0.1) is 11.3 Å². The molecule has 1 atom stereocenters. The first-order valence-corrected chi connectivity index (χ1v) is 7.56. The number of aromatic nitrogens is 1. The number of nitrogens with one attached hydrogen (secondary N) is 1. The van der Waals surface area contributed by atoms with E-state index < -0.39 is 0 Å². The summed E-state index contributed by atoms with van der Waals surface area (Å²) in [7, 11) is 0. The lowest BCUT2D eigenvalue weighted by molar-refractivity contribution is -0.124. The van der Waals surface area contributed by atoms with Crippen molar-refractivity contribution in [2.75, 3.05) is 11.9 Å². The Labute approximate surface area is 121 Å². The number of carbonyl (C=O) groups is 1. The summed E-state index contributed by atoms with van der Waals surface area (Å²) >= 11 is 1.60. The van der Waals surface area contributed by atoms with Gasteiger partial charge in [-0.25, -0.2) is 4.98 Å². The Bertz CT molecular complexity index is 618. The molecule has 0 saturated carbocycles. The number of hydrogen-bond acceptors (Lipinski definition) is 4. The van der Waals surface area contributed by atoms with E-state index in [1.165, 1.54) is 0 Å². The van der Waals surface area contributed by atoms with E-state index in [1.54, 1.807) is 11.3 Å². The molecule has 1 aromatic carbocycles. The summed E-state index contributed by atoms with van der Waals surface area (Å²) in [4.78, 5) is 16.6. The van der Waals surface area contributed by atoms with Crippen molar-refractivity contribution in [3.8, 4) is 11.3 Å². The number of amides is 1. The van der Waals surface area contributed by atoms with Crippen LogP contribution in [0.2, 0.25) is 0 Å². The summed E-state index contributed by atoms with van der Waals surface area (Å²) in [5.74, 6) is -0.0677. The molecule has 0 aliphatic carbocycles. The monoisotopic (exact) mass is 288 g/mol. The Kier molecular flexibility index (Phi) is 3.80. The minimum atomic E-state index is -0.319. The average Bonchev–Trinajstić information content (AvgIpc) is 3.10. The van der Waals surface area contributed by atoms with Crippen LogP contribution < -0.4 is 5.32 Å². The number of aryl methyl sites for hydroxylation is 1. The van der Waals surface area contributed by atoms with Gasteiger partial charge in [-0.1, -0.05) is 18.2 Å². The number of anilines is 1. The van der Waals surface area contributed by atoms with Crippen LogP contribution >= 0.6 is 11.3 Å². The topological polar surface area (TPSA) is 51.2 Å². The highest BCUT2D eigenvalue weighted by molar-refractivity contribution is 7.09. The second-order valence-electron chi connectivity index (χ2n) is 4.79. The molecule has 1 unspecified atom stereocenters. The summed E-state index contributed by atoms with van der Waals surface area (Å²) in [6.45, 7) is 2.65. The standard InChI is InChI=1S/C15H16N2O2S/c1-10-16-13(9-20-10)11-5-2-3-6-12(11)17-15(18)14-7-4-8-19-14/h2-3,5-6,9,14H,4,7-8H2,1H3,(H,17,18). The van der Waals surface area contributed by atoms with Gasteiger partial charge in [-0.3, -0.25) is 4.79 Å². The third-order valence-corrected chi connectivity index (χ3v) is 4.08. The molecule has 2 heterocycles. The number of ether oxygens (including phenoxy) is 1. The molecule has 5 heteroatoms. The van der Waals surface area contributed by atoms with Crippen LogP contribution in [0.15, 0.2) is 29.6 Å². The van der Waals surface area contributed by atoms with Crippen LogP contribution in [-0.2, 0) is 9.53 Å². The maximum Gasteiger partial charge on any atom is 0.253 e. The molecule has 1 aliphatic heterocycles. The third kappa shape index (κ3) is 2.73. The molecular formula is C15H16N2O2S. The van der Waals surface area contributed by atoms with Gasteiger partial charge in [0.05, 0.1) is 16.4 Å². The fraction of sp³-hybridized carbons (Fsp3) is 0.333. The van der Waals surface area contributed by atoms with Gasteiger partial charge >= 0.3 is 0 Å². The van der Waals surface area contributed by atoms with Crippen LogP contribution in [0.1, 0.15) is 17.8 Å². The van der Waals surface area contributed by atoms with E-state index >= 15 is 0 Å². The predicted octanol–water partition coefficient (Wildman–Crippen LogP) is 3.24. The first-order chi connectivity index (χ1) is 9.74.